The van der Waals surface area contributed by atoms with Crippen molar-refractivity contribution in [2.45, 2.75) is 31.1 Å². The van der Waals surface area contributed by atoms with Gasteiger partial charge in [0.1, 0.15) is 0 Å². The van der Waals surface area contributed by atoms with Crippen LogP contribution in [0, 0.1) is 0 Å². The van der Waals surface area contributed by atoms with Gasteiger partial charge in [0, 0.05) is 43.3 Å². The van der Waals surface area contributed by atoms with Crippen molar-refractivity contribution in [2.24, 2.45) is 0 Å². The summed E-state index contributed by atoms with van der Waals surface area (Å²) in [6.45, 7) is 1.80. The van der Waals surface area contributed by atoms with E-state index in [1.807, 2.05) is 36.3 Å². The fraction of sp³-hybridized carbons (Fsp3) is 0.600. The number of hydrogen-bond donors (Lipinski definition) is 1. The minimum atomic E-state index is 0. The zero-order valence-electron chi connectivity index (χ0n) is 12.9. The third kappa shape index (κ3) is 7.18. The summed E-state index contributed by atoms with van der Waals surface area (Å²) in [5.74, 6) is 2.06. The molecule has 1 aliphatic heterocycles. The zero-order valence-corrected chi connectivity index (χ0v) is 15.3. The van der Waals surface area contributed by atoms with E-state index < -0.39 is 0 Å². The summed E-state index contributed by atoms with van der Waals surface area (Å²) in [6, 6.07) is 6.53. The highest BCUT2D eigenvalue weighted by atomic mass is 35.5. The van der Waals surface area contributed by atoms with Crippen LogP contribution in [0.5, 0.6) is 0 Å². The van der Waals surface area contributed by atoms with Gasteiger partial charge in [-0.3, -0.25) is 9.78 Å². The average Bonchev–Trinajstić information content (AvgIpc) is 2.52. The highest BCUT2D eigenvalue weighted by molar-refractivity contribution is 7.98. The van der Waals surface area contributed by atoms with Gasteiger partial charge in [0.15, 0.2) is 0 Å². The number of thioether (sulfide) groups is 1. The Labute approximate surface area is 149 Å². The van der Waals surface area contributed by atoms with Crippen molar-refractivity contribution in [3.8, 4) is 0 Å². The number of pyridine rings is 1. The Morgan fingerprint density at radius 3 is 2.68 bits per heavy atom. The maximum atomic E-state index is 12.1. The Balaban J connectivity index is 0.00000220. The molecule has 0 radical (unpaired) electrons. The SMILES string of the molecule is CNC1CCN(C(=O)CCSCc2ccccn2)CC1.Cl.Cl. The Hall–Kier alpha value is -0.490. The van der Waals surface area contributed by atoms with Gasteiger partial charge < -0.3 is 10.2 Å². The molecular weight excluding hydrogens is 341 g/mol. The number of rotatable bonds is 6. The van der Waals surface area contributed by atoms with Crippen molar-refractivity contribution in [2.75, 3.05) is 25.9 Å². The third-order valence-corrected chi connectivity index (χ3v) is 4.68. The number of nitrogens with one attached hydrogen (secondary N) is 1. The van der Waals surface area contributed by atoms with E-state index in [4.69, 9.17) is 0 Å². The first kappa shape index (κ1) is 21.5. The average molecular weight is 366 g/mol. The first-order valence-corrected chi connectivity index (χ1v) is 8.37. The van der Waals surface area contributed by atoms with Crippen molar-refractivity contribution in [1.29, 1.82) is 0 Å². The van der Waals surface area contributed by atoms with Gasteiger partial charge in [-0.2, -0.15) is 11.8 Å². The molecule has 0 saturated carbocycles. The van der Waals surface area contributed by atoms with Gasteiger partial charge in [-0.15, -0.1) is 24.8 Å². The fourth-order valence-corrected chi connectivity index (χ4v) is 3.24. The summed E-state index contributed by atoms with van der Waals surface area (Å²) in [5.41, 5.74) is 1.08. The van der Waals surface area contributed by atoms with E-state index in [0.717, 1.165) is 43.1 Å². The second-order valence-electron chi connectivity index (χ2n) is 5.07. The molecule has 0 spiro atoms. The molecule has 0 aliphatic carbocycles. The van der Waals surface area contributed by atoms with Crippen LogP contribution in [-0.4, -0.2) is 47.7 Å². The van der Waals surface area contributed by atoms with Crippen LogP contribution in [0.25, 0.3) is 0 Å². The van der Waals surface area contributed by atoms with Crippen molar-refractivity contribution in [1.82, 2.24) is 15.2 Å². The fourth-order valence-electron chi connectivity index (χ4n) is 2.40. The number of carbonyl (C=O) groups excluding carboxylic acids is 1. The largest absolute Gasteiger partial charge is 0.343 e. The molecule has 7 heteroatoms. The van der Waals surface area contributed by atoms with Crippen molar-refractivity contribution < 1.29 is 4.79 Å². The van der Waals surface area contributed by atoms with Gasteiger partial charge in [-0.1, -0.05) is 6.07 Å². The molecule has 2 rings (SSSR count). The lowest BCUT2D eigenvalue weighted by atomic mass is 10.1. The second-order valence-corrected chi connectivity index (χ2v) is 6.17. The van der Waals surface area contributed by atoms with Gasteiger partial charge in [-0.05, 0) is 32.0 Å². The maximum Gasteiger partial charge on any atom is 0.223 e. The maximum absolute atomic E-state index is 12.1. The minimum absolute atomic E-state index is 0. The molecular formula is C15H25Cl2N3OS. The van der Waals surface area contributed by atoms with Crippen LogP contribution in [-0.2, 0) is 10.5 Å². The molecule has 0 aromatic carbocycles. The van der Waals surface area contributed by atoms with Crippen molar-refractivity contribution in [3.63, 3.8) is 0 Å². The van der Waals surface area contributed by atoms with E-state index >= 15 is 0 Å². The van der Waals surface area contributed by atoms with Crippen molar-refractivity contribution in [3.05, 3.63) is 30.1 Å². The number of carbonyl (C=O) groups is 1. The third-order valence-electron chi connectivity index (χ3n) is 3.69. The van der Waals surface area contributed by atoms with E-state index in [1.165, 1.54) is 0 Å². The summed E-state index contributed by atoms with van der Waals surface area (Å²) in [7, 11) is 2.00. The van der Waals surface area contributed by atoms with Crippen LogP contribution in [0.3, 0.4) is 0 Å². The smallest absolute Gasteiger partial charge is 0.223 e. The van der Waals surface area contributed by atoms with Gasteiger partial charge in [-0.25, -0.2) is 0 Å². The molecule has 1 aromatic heterocycles. The number of amides is 1. The molecule has 1 amide bonds. The number of hydrogen-bond acceptors (Lipinski definition) is 4. The lowest BCUT2D eigenvalue weighted by Crippen LogP contribution is -2.44. The number of likely N-dealkylation sites (tertiary alicyclic amines) is 1. The van der Waals surface area contributed by atoms with Crippen LogP contribution < -0.4 is 5.32 Å². The molecule has 1 N–H and O–H groups in total. The molecule has 1 fully saturated rings. The lowest BCUT2D eigenvalue weighted by molar-refractivity contribution is -0.131. The van der Waals surface area contributed by atoms with Gasteiger partial charge >= 0.3 is 0 Å². The van der Waals surface area contributed by atoms with Gasteiger partial charge in [0.2, 0.25) is 5.91 Å². The quantitative estimate of drug-likeness (QED) is 0.787. The van der Waals surface area contributed by atoms with E-state index in [-0.39, 0.29) is 24.8 Å². The molecule has 2 heterocycles. The first-order valence-electron chi connectivity index (χ1n) is 7.22. The Morgan fingerprint density at radius 1 is 1.36 bits per heavy atom. The second kappa shape index (κ2) is 12.0. The standard InChI is InChI=1S/C15H23N3OS.2ClH/c1-16-13-5-9-18(10-6-13)15(19)7-11-20-12-14-4-2-3-8-17-14;;/h2-4,8,13,16H,5-7,9-12H2,1H3;2*1H. The number of aromatic nitrogens is 1. The summed E-state index contributed by atoms with van der Waals surface area (Å²) in [6.07, 6.45) is 4.60. The topological polar surface area (TPSA) is 45.2 Å². The molecule has 4 nitrogen and oxygen atoms in total. The highest BCUT2D eigenvalue weighted by Crippen LogP contribution is 2.14. The van der Waals surface area contributed by atoms with Crippen LogP contribution in [0.15, 0.2) is 24.4 Å². The summed E-state index contributed by atoms with van der Waals surface area (Å²) < 4.78 is 0. The van der Waals surface area contributed by atoms with Crippen LogP contribution in [0.1, 0.15) is 25.0 Å². The van der Waals surface area contributed by atoms with Crippen molar-refractivity contribution >= 4 is 42.5 Å². The summed E-state index contributed by atoms with van der Waals surface area (Å²) >= 11 is 1.78. The number of piperidine rings is 1. The number of halogens is 2. The van der Waals surface area contributed by atoms with Gasteiger partial charge in [0.25, 0.3) is 0 Å². The molecule has 22 heavy (non-hydrogen) atoms. The lowest BCUT2D eigenvalue weighted by Gasteiger charge is -2.31. The Kier molecular flexibility index (Phi) is 11.7. The molecule has 1 aromatic rings. The Morgan fingerprint density at radius 2 is 2.09 bits per heavy atom. The molecule has 0 unspecified atom stereocenters. The molecule has 1 saturated heterocycles. The highest BCUT2D eigenvalue weighted by Gasteiger charge is 2.21. The van der Waals surface area contributed by atoms with E-state index in [0.29, 0.717) is 18.4 Å². The molecule has 0 atom stereocenters. The molecule has 126 valence electrons. The van der Waals surface area contributed by atoms with E-state index in [1.54, 1.807) is 11.8 Å². The van der Waals surface area contributed by atoms with E-state index in [2.05, 4.69) is 10.3 Å². The minimum Gasteiger partial charge on any atom is -0.343 e. The number of nitrogens with zero attached hydrogens (tertiary/aromatic N) is 2. The van der Waals surface area contributed by atoms with Gasteiger partial charge in [0.05, 0.1) is 5.69 Å². The zero-order chi connectivity index (χ0) is 14.2. The van der Waals surface area contributed by atoms with Crippen LogP contribution >= 0.6 is 36.6 Å². The Bertz CT molecular complexity index is 415. The first-order chi connectivity index (χ1) is 9.79. The van der Waals surface area contributed by atoms with Crippen LogP contribution in [0.2, 0.25) is 0 Å². The van der Waals surface area contributed by atoms with Crippen LogP contribution in [0.4, 0.5) is 0 Å². The summed E-state index contributed by atoms with van der Waals surface area (Å²) in [4.78, 5) is 18.4. The predicted octanol–water partition coefficient (Wildman–Crippen LogP) is 2.76. The monoisotopic (exact) mass is 365 g/mol. The molecule has 0 bridgehead atoms. The normalized spacial score (nSPS) is 14.9. The summed E-state index contributed by atoms with van der Waals surface area (Å²) in [5, 5.41) is 3.28. The van der Waals surface area contributed by atoms with E-state index in [9.17, 15) is 4.79 Å². The predicted molar refractivity (Wildman–Crippen MR) is 98.2 cm³/mol. The molecule has 1 aliphatic rings.